The van der Waals surface area contributed by atoms with E-state index in [9.17, 15) is 14.7 Å². The second kappa shape index (κ2) is 8.49. The lowest BCUT2D eigenvalue weighted by atomic mass is 10.1. The second-order valence-corrected chi connectivity index (χ2v) is 5.28. The van der Waals surface area contributed by atoms with Gasteiger partial charge in [-0.3, -0.25) is 9.59 Å². The van der Waals surface area contributed by atoms with Crippen LogP contribution in [0.4, 0.5) is 0 Å². The highest BCUT2D eigenvalue weighted by Gasteiger charge is 2.13. The van der Waals surface area contributed by atoms with E-state index in [0.717, 1.165) is 31.4 Å². The first kappa shape index (κ1) is 17.3. The molecule has 0 fully saturated rings. The maximum atomic E-state index is 11.8. The van der Waals surface area contributed by atoms with Gasteiger partial charge in [0.25, 0.3) is 0 Å². The van der Waals surface area contributed by atoms with Gasteiger partial charge in [-0.15, -0.1) is 0 Å². The number of amides is 1. The zero-order valence-corrected chi connectivity index (χ0v) is 13.2. The molecule has 1 rings (SSSR count). The fraction of sp³-hybridized carbons (Fsp3) is 0.625. The number of carbonyl (C=O) groups is 1. The fourth-order valence-electron chi connectivity index (χ4n) is 2.42. The zero-order valence-electron chi connectivity index (χ0n) is 13.2. The number of pyridine rings is 1. The monoisotopic (exact) mass is 294 g/mol. The molecule has 118 valence electrons. The van der Waals surface area contributed by atoms with Crippen molar-refractivity contribution in [2.45, 2.75) is 66.0 Å². The first-order chi connectivity index (χ1) is 10.0. The Balaban J connectivity index is 2.67. The number of nitrogens with zero attached hydrogens (tertiary/aromatic N) is 1. The topological polar surface area (TPSA) is 71.3 Å². The van der Waals surface area contributed by atoms with Gasteiger partial charge in [-0.1, -0.05) is 26.2 Å². The van der Waals surface area contributed by atoms with E-state index < -0.39 is 5.43 Å². The standard InChI is InChI=1S/C16H26N2O3/c1-4-6-7-8-9-15(20)17-11-13-16(21)14(19)10-12(3)18(13)5-2/h10,21H,4-9,11H2,1-3H3,(H,17,20). The van der Waals surface area contributed by atoms with Crippen molar-refractivity contribution in [2.75, 3.05) is 0 Å². The summed E-state index contributed by atoms with van der Waals surface area (Å²) in [6, 6.07) is 1.41. The molecule has 0 saturated carbocycles. The third-order valence-electron chi connectivity index (χ3n) is 3.62. The van der Waals surface area contributed by atoms with Crippen LogP contribution in [-0.4, -0.2) is 15.6 Å². The molecule has 2 N–H and O–H groups in total. The van der Waals surface area contributed by atoms with Gasteiger partial charge in [0.2, 0.25) is 11.3 Å². The first-order valence-corrected chi connectivity index (χ1v) is 7.70. The molecule has 21 heavy (non-hydrogen) atoms. The number of aryl methyl sites for hydroxylation is 1. The maximum absolute atomic E-state index is 11.8. The van der Waals surface area contributed by atoms with Gasteiger partial charge in [-0.2, -0.15) is 0 Å². The lowest BCUT2D eigenvalue weighted by molar-refractivity contribution is -0.121. The molecule has 0 spiro atoms. The number of carbonyl (C=O) groups excluding carboxylic acids is 1. The lowest BCUT2D eigenvalue weighted by Gasteiger charge is -2.16. The van der Waals surface area contributed by atoms with E-state index >= 15 is 0 Å². The summed E-state index contributed by atoms with van der Waals surface area (Å²) in [6.45, 7) is 6.71. The number of hydrogen-bond acceptors (Lipinski definition) is 3. The van der Waals surface area contributed by atoms with Gasteiger partial charge in [0.05, 0.1) is 12.2 Å². The highest BCUT2D eigenvalue weighted by atomic mass is 16.3. The van der Waals surface area contributed by atoms with Crippen LogP contribution in [0.1, 0.15) is 57.3 Å². The first-order valence-electron chi connectivity index (χ1n) is 7.70. The number of rotatable bonds is 8. The summed E-state index contributed by atoms with van der Waals surface area (Å²) in [7, 11) is 0. The predicted octanol–water partition coefficient (Wildman–Crippen LogP) is 2.47. The highest BCUT2D eigenvalue weighted by molar-refractivity contribution is 5.75. The summed E-state index contributed by atoms with van der Waals surface area (Å²) >= 11 is 0. The predicted molar refractivity (Wildman–Crippen MR) is 83.4 cm³/mol. The van der Waals surface area contributed by atoms with Crippen LogP contribution in [0, 0.1) is 6.92 Å². The Morgan fingerprint density at radius 3 is 2.62 bits per heavy atom. The zero-order chi connectivity index (χ0) is 15.8. The second-order valence-electron chi connectivity index (χ2n) is 5.28. The van der Waals surface area contributed by atoms with Gasteiger partial charge in [-0.25, -0.2) is 0 Å². The maximum Gasteiger partial charge on any atom is 0.223 e. The third kappa shape index (κ3) is 4.92. The molecule has 0 bridgehead atoms. The summed E-state index contributed by atoms with van der Waals surface area (Å²) in [4.78, 5) is 23.4. The minimum atomic E-state index is -0.399. The molecular formula is C16H26N2O3. The lowest BCUT2D eigenvalue weighted by Crippen LogP contribution is -2.26. The molecule has 0 saturated heterocycles. The number of aromatic nitrogens is 1. The molecule has 1 amide bonds. The SMILES string of the molecule is CCCCCCC(=O)NCc1c(O)c(=O)cc(C)n1CC. The normalized spacial score (nSPS) is 10.6. The minimum Gasteiger partial charge on any atom is -0.503 e. The van der Waals surface area contributed by atoms with Crippen molar-refractivity contribution in [3.8, 4) is 5.75 Å². The molecule has 1 heterocycles. The molecule has 5 heteroatoms. The Morgan fingerprint density at radius 1 is 1.29 bits per heavy atom. The molecule has 0 unspecified atom stereocenters. The van der Waals surface area contributed by atoms with Crippen molar-refractivity contribution in [2.24, 2.45) is 0 Å². The average molecular weight is 294 g/mol. The summed E-state index contributed by atoms with van der Waals surface area (Å²) in [5.74, 6) is -0.309. The van der Waals surface area contributed by atoms with Crippen LogP contribution < -0.4 is 10.7 Å². The van der Waals surface area contributed by atoms with Crippen LogP contribution in [0.5, 0.6) is 5.75 Å². The van der Waals surface area contributed by atoms with E-state index in [1.807, 2.05) is 18.4 Å². The van der Waals surface area contributed by atoms with Crippen LogP contribution >= 0.6 is 0 Å². The summed E-state index contributed by atoms with van der Waals surface area (Å²) in [5, 5.41) is 12.7. The Bertz CT molecular complexity index is 535. The molecule has 0 aliphatic heterocycles. The Kier molecular flexibility index (Phi) is 6.99. The van der Waals surface area contributed by atoms with Gasteiger partial charge in [-0.05, 0) is 20.3 Å². The van der Waals surface area contributed by atoms with E-state index in [1.165, 1.54) is 6.07 Å². The van der Waals surface area contributed by atoms with Crippen molar-refractivity contribution in [3.63, 3.8) is 0 Å². The molecule has 0 radical (unpaired) electrons. The van der Waals surface area contributed by atoms with Gasteiger partial charge in [0.1, 0.15) is 0 Å². The van der Waals surface area contributed by atoms with E-state index in [0.29, 0.717) is 18.7 Å². The van der Waals surface area contributed by atoms with Crippen molar-refractivity contribution in [1.29, 1.82) is 0 Å². The Morgan fingerprint density at radius 2 is 2.00 bits per heavy atom. The van der Waals surface area contributed by atoms with Gasteiger partial charge in [0.15, 0.2) is 5.75 Å². The number of unbranched alkanes of at least 4 members (excludes halogenated alkanes) is 3. The average Bonchev–Trinajstić information content (AvgIpc) is 2.45. The molecule has 0 aliphatic carbocycles. The van der Waals surface area contributed by atoms with Crippen molar-refractivity contribution < 1.29 is 9.90 Å². The molecule has 0 aromatic carbocycles. The molecule has 1 aromatic rings. The number of hydrogen-bond donors (Lipinski definition) is 2. The molecule has 5 nitrogen and oxygen atoms in total. The Labute approximate surface area is 126 Å². The van der Waals surface area contributed by atoms with Crippen molar-refractivity contribution >= 4 is 5.91 Å². The van der Waals surface area contributed by atoms with E-state index in [4.69, 9.17) is 0 Å². The quantitative estimate of drug-likeness (QED) is 0.724. The van der Waals surface area contributed by atoms with E-state index in [1.54, 1.807) is 0 Å². The largest absolute Gasteiger partial charge is 0.503 e. The van der Waals surface area contributed by atoms with Crippen molar-refractivity contribution in [3.05, 3.63) is 27.7 Å². The van der Waals surface area contributed by atoms with Crippen LogP contribution in [0.15, 0.2) is 10.9 Å². The Hall–Kier alpha value is -1.78. The summed E-state index contributed by atoms with van der Waals surface area (Å²) in [5.41, 5.74) is 0.862. The van der Waals surface area contributed by atoms with Crippen LogP contribution in [0.3, 0.4) is 0 Å². The van der Waals surface area contributed by atoms with E-state index in [-0.39, 0.29) is 18.2 Å². The number of nitrogens with one attached hydrogen (secondary N) is 1. The molecule has 0 atom stereocenters. The van der Waals surface area contributed by atoms with Gasteiger partial charge < -0.3 is 15.0 Å². The van der Waals surface area contributed by atoms with E-state index in [2.05, 4.69) is 12.2 Å². The van der Waals surface area contributed by atoms with Crippen LogP contribution in [0.25, 0.3) is 0 Å². The summed E-state index contributed by atoms with van der Waals surface area (Å²) < 4.78 is 1.84. The molecule has 0 aliphatic rings. The third-order valence-corrected chi connectivity index (χ3v) is 3.62. The smallest absolute Gasteiger partial charge is 0.223 e. The highest BCUT2D eigenvalue weighted by Crippen LogP contribution is 2.14. The van der Waals surface area contributed by atoms with Gasteiger partial charge in [0, 0.05) is 24.7 Å². The molecule has 1 aromatic heterocycles. The van der Waals surface area contributed by atoms with Crippen LogP contribution in [-0.2, 0) is 17.9 Å². The fourth-order valence-corrected chi connectivity index (χ4v) is 2.42. The van der Waals surface area contributed by atoms with Crippen molar-refractivity contribution in [1.82, 2.24) is 9.88 Å². The summed E-state index contributed by atoms with van der Waals surface area (Å²) in [6.07, 6.45) is 4.70. The number of aromatic hydroxyl groups is 1. The molecular weight excluding hydrogens is 268 g/mol. The van der Waals surface area contributed by atoms with Crippen LogP contribution in [0.2, 0.25) is 0 Å². The minimum absolute atomic E-state index is 0.0397. The van der Waals surface area contributed by atoms with Gasteiger partial charge >= 0.3 is 0 Å².